The van der Waals surface area contributed by atoms with Crippen LogP contribution in [0.15, 0.2) is 0 Å². The summed E-state index contributed by atoms with van der Waals surface area (Å²) < 4.78 is 4.83. The first-order valence-electron chi connectivity index (χ1n) is 3.55. The summed E-state index contributed by atoms with van der Waals surface area (Å²) in [5, 5.41) is 9.16. The third kappa shape index (κ3) is 1.70. The maximum Gasteiger partial charge on any atom is 0.302 e. The molecule has 1 rings (SSSR count). The smallest absolute Gasteiger partial charge is 0.302 e. The van der Waals surface area contributed by atoms with Crippen LogP contribution in [0.25, 0.3) is 0 Å². The van der Waals surface area contributed by atoms with Gasteiger partial charge in [0.05, 0.1) is 6.10 Å². The van der Waals surface area contributed by atoms with Crippen LogP contribution in [-0.4, -0.2) is 23.3 Å². The second-order valence-corrected chi connectivity index (χ2v) is 2.65. The van der Waals surface area contributed by atoms with Gasteiger partial charge in [-0.05, 0) is 19.3 Å². The number of aliphatic hydroxyl groups is 1. The van der Waals surface area contributed by atoms with Crippen molar-refractivity contribution >= 4 is 5.97 Å². The number of ether oxygens (including phenoxy) is 1. The quantitative estimate of drug-likeness (QED) is 0.544. The fraction of sp³-hybridized carbons (Fsp3) is 0.857. The maximum absolute atomic E-state index is 10.4. The van der Waals surface area contributed by atoms with E-state index in [-0.39, 0.29) is 12.1 Å². The van der Waals surface area contributed by atoms with Crippen LogP contribution < -0.4 is 0 Å². The molecule has 0 aliphatic heterocycles. The highest BCUT2D eigenvalue weighted by molar-refractivity contribution is 5.66. The van der Waals surface area contributed by atoms with Gasteiger partial charge in [0, 0.05) is 6.92 Å². The molecule has 0 saturated heterocycles. The van der Waals surface area contributed by atoms with Gasteiger partial charge in [-0.3, -0.25) is 4.79 Å². The molecule has 0 amide bonds. The van der Waals surface area contributed by atoms with Crippen molar-refractivity contribution < 1.29 is 14.6 Å². The number of esters is 1. The zero-order valence-corrected chi connectivity index (χ0v) is 6.04. The van der Waals surface area contributed by atoms with E-state index in [4.69, 9.17) is 9.84 Å². The predicted molar refractivity (Wildman–Crippen MR) is 35.4 cm³/mol. The summed E-state index contributed by atoms with van der Waals surface area (Å²) in [6.45, 7) is 1.37. The van der Waals surface area contributed by atoms with Crippen molar-refractivity contribution in [2.75, 3.05) is 0 Å². The second-order valence-electron chi connectivity index (χ2n) is 2.65. The maximum atomic E-state index is 10.4. The third-order valence-corrected chi connectivity index (χ3v) is 1.74. The fourth-order valence-corrected chi connectivity index (χ4v) is 1.26. The molecule has 0 unspecified atom stereocenters. The van der Waals surface area contributed by atoms with Crippen molar-refractivity contribution in [1.29, 1.82) is 0 Å². The minimum atomic E-state index is -0.427. The minimum Gasteiger partial charge on any atom is -0.460 e. The Kier molecular flexibility index (Phi) is 2.27. The average molecular weight is 144 g/mol. The molecule has 1 aliphatic carbocycles. The molecule has 0 spiro atoms. The molecule has 3 nitrogen and oxygen atoms in total. The molecule has 0 aromatic rings. The van der Waals surface area contributed by atoms with Crippen molar-refractivity contribution in [3.63, 3.8) is 0 Å². The number of rotatable bonds is 1. The first-order chi connectivity index (χ1) is 4.70. The summed E-state index contributed by atoms with van der Waals surface area (Å²) in [5.41, 5.74) is 0. The molecule has 0 bridgehead atoms. The largest absolute Gasteiger partial charge is 0.460 e. The zero-order valence-electron chi connectivity index (χ0n) is 6.04. The molecule has 0 aromatic carbocycles. The van der Waals surface area contributed by atoms with E-state index < -0.39 is 6.10 Å². The van der Waals surface area contributed by atoms with Crippen LogP contribution in [0.1, 0.15) is 26.2 Å². The summed E-state index contributed by atoms with van der Waals surface area (Å²) in [5.74, 6) is -0.300. The Labute approximate surface area is 60.0 Å². The van der Waals surface area contributed by atoms with Crippen LogP contribution in [0, 0.1) is 0 Å². The van der Waals surface area contributed by atoms with Gasteiger partial charge in [-0.15, -0.1) is 0 Å². The Morgan fingerprint density at radius 3 is 2.70 bits per heavy atom. The van der Waals surface area contributed by atoms with E-state index in [9.17, 15) is 4.79 Å². The number of aliphatic hydroxyl groups excluding tert-OH is 1. The Hall–Kier alpha value is -0.570. The van der Waals surface area contributed by atoms with Gasteiger partial charge < -0.3 is 9.84 Å². The van der Waals surface area contributed by atoms with Gasteiger partial charge in [-0.2, -0.15) is 0 Å². The van der Waals surface area contributed by atoms with E-state index >= 15 is 0 Å². The summed E-state index contributed by atoms with van der Waals surface area (Å²) in [4.78, 5) is 10.4. The fourth-order valence-electron chi connectivity index (χ4n) is 1.26. The van der Waals surface area contributed by atoms with Gasteiger partial charge in [0.2, 0.25) is 0 Å². The predicted octanol–water partition coefficient (Wildman–Crippen LogP) is 0.463. The van der Waals surface area contributed by atoms with Crippen molar-refractivity contribution in [2.45, 2.75) is 38.4 Å². The van der Waals surface area contributed by atoms with E-state index in [1.54, 1.807) is 0 Å². The SMILES string of the molecule is CC(=O)O[C@H]1CCC[C@H]1O. The average Bonchev–Trinajstić information content (AvgIpc) is 2.15. The van der Waals surface area contributed by atoms with E-state index in [1.807, 2.05) is 0 Å². The van der Waals surface area contributed by atoms with Gasteiger partial charge in [0.1, 0.15) is 6.10 Å². The summed E-state index contributed by atoms with van der Waals surface area (Å²) in [6.07, 6.45) is 1.86. The van der Waals surface area contributed by atoms with Gasteiger partial charge in [-0.25, -0.2) is 0 Å². The van der Waals surface area contributed by atoms with E-state index in [0.29, 0.717) is 0 Å². The normalized spacial score (nSPS) is 32.2. The first-order valence-corrected chi connectivity index (χ1v) is 3.55. The summed E-state index contributed by atoms with van der Waals surface area (Å²) in [6, 6.07) is 0. The van der Waals surface area contributed by atoms with Crippen molar-refractivity contribution in [1.82, 2.24) is 0 Å². The van der Waals surface area contributed by atoms with Crippen molar-refractivity contribution in [2.24, 2.45) is 0 Å². The van der Waals surface area contributed by atoms with Gasteiger partial charge in [0.25, 0.3) is 0 Å². The van der Waals surface area contributed by atoms with Gasteiger partial charge >= 0.3 is 5.97 Å². The van der Waals surface area contributed by atoms with Crippen molar-refractivity contribution in [3.05, 3.63) is 0 Å². The lowest BCUT2D eigenvalue weighted by Gasteiger charge is -2.13. The molecule has 3 heteroatoms. The van der Waals surface area contributed by atoms with Gasteiger partial charge in [-0.1, -0.05) is 0 Å². The van der Waals surface area contributed by atoms with Crippen LogP contribution in [0.5, 0.6) is 0 Å². The molecule has 2 atom stereocenters. The van der Waals surface area contributed by atoms with Crippen molar-refractivity contribution in [3.8, 4) is 0 Å². The van der Waals surface area contributed by atoms with Crippen LogP contribution >= 0.6 is 0 Å². The Morgan fingerprint density at radius 1 is 1.60 bits per heavy atom. The number of hydrogen-bond acceptors (Lipinski definition) is 3. The Morgan fingerprint density at radius 2 is 2.30 bits per heavy atom. The minimum absolute atomic E-state index is 0.238. The molecule has 1 aliphatic rings. The molecule has 1 saturated carbocycles. The van der Waals surface area contributed by atoms with Crippen LogP contribution in [-0.2, 0) is 9.53 Å². The molecule has 10 heavy (non-hydrogen) atoms. The highest BCUT2D eigenvalue weighted by atomic mass is 16.6. The number of hydrogen-bond donors (Lipinski definition) is 1. The molecule has 0 radical (unpaired) electrons. The van der Waals surface area contributed by atoms with Crippen LogP contribution in [0.4, 0.5) is 0 Å². The molecule has 1 fully saturated rings. The zero-order chi connectivity index (χ0) is 7.56. The van der Waals surface area contributed by atoms with Gasteiger partial charge in [0.15, 0.2) is 0 Å². The highest BCUT2D eigenvalue weighted by Gasteiger charge is 2.27. The molecular formula is C7H12O3. The van der Waals surface area contributed by atoms with E-state index in [1.165, 1.54) is 6.92 Å². The van der Waals surface area contributed by atoms with Crippen LogP contribution in [0.3, 0.4) is 0 Å². The lowest BCUT2D eigenvalue weighted by atomic mass is 10.3. The van der Waals surface area contributed by atoms with E-state index in [0.717, 1.165) is 19.3 Å². The van der Waals surface area contributed by atoms with E-state index in [2.05, 4.69) is 0 Å². The first kappa shape index (κ1) is 7.54. The molecule has 0 aromatic heterocycles. The Balaban J connectivity index is 2.33. The standard InChI is InChI=1S/C7H12O3/c1-5(8)10-7-4-2-3-6(7)9/h6-7,9H,2-4H2,1H3/t6-,7+/m1/s1. The highest BCUT2D eigenvalue weighted by Crippen LogP contribution is 2.21. The second kappa shape index (κ2) is 3.01. The topological polar surface area (TPSA) is 46.5 Å². The lowest BCUT2D eigenvalue weighted by molar-refractivity contribution is -0.150. The number of carbonyl (C=O) groups excluding carboxylic acids is 1. The number of carbonyl (C=O) groups is 1. The molecule has 58 valence electrons. The Bertz CT molecular complexity index is 133. The third-order valence-electron chi connectivity index (χ3n) is 1.74. The monoisotopic (exact) mass is 144 g/mol. The molecular weight excluding hydrogens is 132 g/mol. The summed E-state index contributed by atoms with van der Waals surface area (Å²) in [7, 11) is 0. The molecule has 1 N–H and O–H groups in total. The van der Waals surface area contributed by atoms with Crippen LogP contribution in [0.2, 0.25) is 0 Å². The lowest BCUT2D eigenvalue weighted by Crippen LogP contribution is -2.24. The summed E-state index contributed by atoms with van der Waals surface area (Å²) >= 11 is 0. The molecule has 0 heterocycles.